The summed E-state index contributed by atoms with van der Waals surface area (Å²) >= 11 is 3.52. The standard InChI is InChI=1S/C14H16BrN3/c15-12-3-1-2-11(7-12)13-9-17-18-14(13)6-10-4-5-16-8-10/h1-3,7,9-10,16H,4-6,8H2,(H,17,18). The molecule has 4 heteroatoms. The second kappa shape index (κ2) is 5.24. The van der Waals surface area contributed by atoms with E-state index in [9.17, 15) is 0 Å². The SMILES string of the molecule is Brc1cccc(-c2cn[nH]c2CC2CCNC2)c1. The smallest absolute Gasteiger partial charge is 0.0568 e. The fourth-order valence-electron chi connectivity index (χ4n) is 2.55. The van der Waals surface area contributed by atoms with Gasteiger partial charge in [-0.2, -0.15) is 5.10 Å². The van der Waals surface area contributed by atoms with Crippen LogP contribution in [-0.4, -0.2) is 23.3 Å². The molecule has 94 valence electrons. The molecule has 2 aromatic rings. The van der Waals surface area contributed by atoms with E-state index in [0.717, 1.165) is 29.9 Å². The molecule has 1 saturated heterocycles. The Balaban J connectivity index is 1.86. The van der Waals surface area contributed by atoms with E-state index in [1.807, 2.05) is 12.3 Å². The molecule has 1 aliphatic rings. The van der Waals surface area contributed by atoms with Crippen molar-refractivity contribution < 1.29 is 0 Å². The highest BCUT2D eigenvalue weighted by molar-refractivity contribution is 9.10. The molecule has 1 fully saturated rings. The summed E-state index contributed by atoms with van der Waals surface area (Å²) in [6.45, 7) is 2.27. The summed E-state index contributed by atoms with van der Waals surface area (Å²) in [5.74, 6) is 0.733. The normalized spacial score (nSPS) is 19.3. The van der Waals surface area contributed by atoms with Gasteiger partial charge in [-0.3, -0.25) is 5.10 Å². The van der Waals surface area contributed by atoms with Crippen molar-refractivity contribution in [3.05, 3.63) is 40.6 Å². The number of benzene rings is 1. The Labute approximate surface area is 115 Å². The lowest BCUT2D eigenvalue weighted by Gasteiger charge is -2.08. The zero-order valence-corrected chi connectivity index (χ0v) is 11.7. The summed E-state index contributed by atoms with van der Waals surface area (Å²) in [6.07, 6.45) is 4.27. The average Bonchev–Trinajstić information content (AvgIpc) is 3.01. The molecule has 3 nitrogen and oxygen atoms in total. The van der Waals surface area contributed by atoms with Gasteiger partial charge in [0.15, 0.2) is 0 Å². The van der Waals surface area contributed by atoms with Crippen LogP contribution in [0.4, 0.5) is 0 Å². The minimum Gasteiger partial charge on any atom is -0.316 e. The van der Waals surface area contributed by atoms with E-state index in [2.05, 4.69) is 49.6 Å². The van der Waals surface area contributed by atoms with Crippen LogP contribution < -0.4 is 5.32 Å². The molecular weight excluding hydrogens is 290 g/mol. The van der Waals surface area contributed by atoms with Gasteiger partial charge in [-0.15, -0.1) is 0 Å². The minimum atomic E-state index is 0.733. The van der Waals surface area contributed by atoms with Gasteiger partial charge in [-0.05, 0) is 49.5 Å². The lowest BCUT2D eigenvalue weighted by Crippen LogP contribution is -2.11. The fraction of sp³-hybridized carbons (Fsp3) is 0.357. The number of nitrogens with one attached hydrogen (secondary N) is 2. The van der Waals surface area contributed by atoms with E-state index in [1.54, 1.807) is 0 Å². The van der Waals surface area contributed by atoms with Crippen molar-refractivity contribution in [2.75, 3.05) is 13.1 Å². The molecule has 0 saturated carbocycles. The number of aromatic nitrogens is 2. The second-order valence-electron chi connectivity index (χ2n) is 4.84. The molecule has 0 amide bonds. The Morgan fingerprint density at radius 1 is 1.39 bits per heavy atom. The summed E-state index contributed by atoms with van der Waals surface area (Å²) in [4.78, 5) is 0. The largest absolute Gasteiger partial charge is 0.316 e. The monoisotopic (exact) mass is 305 g/mol. The number of halogens is 1. The van der Waals surface area contributed by atoms with Crippen molar-refractivity contribution >= 4 is 15.9 Å². The lowest BCUT2D eigenvalue weighted by atomic mass is 9.97. The molecule has 1 unspecified atom stereocenters. The quantitative estimate of drug-likeness (QED) is 0.915. The third-order valence-corrected chi connectivity index (χ3v) is 4.00. The molecule has 2 N–H and O–H groups in total. The van der Waals surface area contributed by atoms with E-state index < -0.39 is 0 Å². The Morgan fingerprint density at radius 2 is 2.33 bits per heavy atom. The molecule has 0 aliphatic carbocycles. The van der Waals surface area contributed by atoms with Gasteiger partial charge in [0, 0.05) is 15.7 Å². The van der Waals surface area contributed by atoms with Crippen LogP contribution in [0.5, 0.6) is 0 Å². The second-order valence-corrected chi connectivity index (χ2v) is 5.75. The van der Waals surface area contributed by atoms with E-state index in [4.69, 9.17) is 0 Å². The maximum Gasteiger partial charge on any atom is 0.0568 e. The first-order valence-corrected chi connectivity index (χ1v) is 7.11. The van der Waals surface area contributed by atoms with Crippen LogP contribution in [0.3, 0.4) is 0 Å². The van der Waals surface area contributed by atoms with Crippen molar-refractivity contribution in [3.8, 4) is 11.1 Å². The highest BCUT2D eigenvalue weighted by atomic mass is 79.9. The van der Waals surface area contributed by atoms with Crippen LogP contribution >= 0.6 is 15.9 Å². The topological polar surface area (TPSA) is 40.7 Å². The van der Waals surface area contributed by atoms with Gasteiger partial charge in [0.05, 0.1) is 6.20 Å². The zero-order valence-electron chi connectivity index (χ0n) is 10.1. The molecule has 0 bridgehead atoms. The Morgan fingerprint density at radius 3 is 3.11 bits per heavy atom. The number of hydrogen-bond donors (Lipinski definition) is 2. The van der Waals surface area contributed by atoms with Crippen LogP contribution in [0.25, 0.3) is 11.1 Å². The van der Waals surface area contributed by atoms with Crippen molar-refractivity contribution in [1.82, 2.24) is 15.5 Å². The van der Waals surface area contributed by atoms with Crippen LogP contribution in [0.1, 0.15) is 12.1 Å². The number of H-pyrrole nitrogens is 1. The molecule has 18 heavy (non-hydrogen) atoms. The highest BCUT2D eigenvalue weighted by Gasteiger charge is 2.18. The molecule has 1 aromatic carbocycles. The van der Waals surface area contributed by atoms with Gasteiger partial charge in [-0.25, -0.2) is 0 Å². The van der Waals surface area contributed by atoms with Gasteiger partial charge in [0.25, 0.3) is 0 Å². The van der Waals surface area contributed by atoms with Gasteiger partial charge < -0.3 is 5.32 Å². The molecule has 3 rings (SSSR count). The van der Waals surface area contributed by atoms with Crippen molar-refractivity contribution in [2.24, 2.45) is 5.92 Å². The Hall–Kier alpha value is -1.13. The van der Waals surface area contributed by atoms with Crippen LogP contribution in [0, 0.1) is 5.92 Å². The molecule has 1 atom stereocenters. The fourth-order valence-corrected chi connectivity index (χ4v) is 2.95. The predicted octanol–water partition coefficient (Wildman–Crippen LogP) is 2.99. The molecule has 1 aromatic heterocycles. The van der Waals surface area contributed by atoms with Crippen LogP contribution in [-0.2, 0) is 6.42 Å². The number of hydrogen-bond acceptors (Lipinski definition) is 2. The third-order valence-electron chi connectivity index (χ3n) is 3.51. The molecule has 0 spiro atoms. The van der Waals surface area contributed by atoms with Gasteiger partial charge in [0.1, 0.15) is 0 Å². The van der Waals surface area contributed by atoms with Crippen LogP contribution in [0.2, 0.25) is 0 Å². The van der Waals surface area contributed by atoms with Crippen molar-refractivity contribution in [3.63, 3.8) is 0 Å². The zero-order chi connectivity index (χ0) is 12.4. The van der Waals surface area contributed by atoms with Crippen molar-refractivity contribution in [1.29, 1.82) is 0 Å². The van der Waals surface area contributed by atoms with E-state index in [0.29, 0.717) is 0 Å². The van der Waals surface area contributed by atoms with E-state index in [1.165, 1.54) is 23.2 Å². The average molecular weight is 306 g/mol. The Kier molecular flexibility index (Phi) is 3.48. The Bertz CT molecular complexity index is 529. The van der Waals surface area contributed by atoms with E-state index >= 15 is 0 Å². The number of rotatable bonds is 3. The molecule has 0 radical (unpaired) electrons. The first-order valence-electron chi connectivity index (χ1n) is 6.32. The molecule has 1 aliphatic heterocycles. The van der Waals surface area contributed by atoms with Gasteiger partial charge in [0.2, 0.25) is 0 Å². The summed E-state index contributed by atoms with van der Waals surface area (Å²) in [7, 11) is 0. The number of nitrogens with zero attached hydrogens (tertiary/aromatic N) is 1. The summed E-state index contributed by atoms with van der Waals surface area (Å²) in [5.41, 5.74) is 3.70. The minimum absolute atomic E-state index is 0.733. The molecular formula is C14H16BrN3. The third kappa shape index (κ3) is 2.49. The maximum atomic E-state index is 4.21. The van der Waals surface area contributed by atoms with Gasteiger partial charge in [-0.1, -0.05) is 28.1 Å². The first kappa shape index (κ1) is 11.9. The van der Waals surface area contributed by atoms with Crippen molar-refractivity contribution in [2.45, 2.75) is 12.8 Å². The summed E-state index contributed by atoms with van der Waals surface area (Å²) < 4.78 is 1.11. The predicted molar refractivity (Wildman–Crippen MR) is 76.4 cm³/mol. The van der Waals surface area contributed by atoms with E-state index in [-0.39, 0.29) is 0 Å². The maximum absolute atomic E-state index is 4.21. The molecule has 2 heterocycles. The van der Waals surface area contributed by atoms with Crippen LogP contribution in [0.15, 0.2) is 34.9 Å². The van der Waals surface area contributed by atoms with Gasteiger partial charge >= 0.3 is 0 Å². The summed E-state index contributed by atoms with van der Waals surface area (Å²) in [5, 5.41) is 10.8. The first-order chi connectivity index (χ1) is 8.83. The number of aromatic amines is 1. The highest BCUT2D eigenvalue weighted by Crippen LogP contribution is 2.27. The lowest BCUT2D eigenvalue weighted by molar-refractivity contribution is 0.571. The summed E-state index contributed by atoms with van der Waals surface area (Å²) in [6, 6.07) is 8.38.